The van der Waals surface area contributed by atoms with Gasteiger partial charge in [0.25, 0.3) is 5.91 Å². The van der Waals surface area contributed by atoms with Crippen LogP contribution in [0.1, 0.15) is 10.5 Å². The largest absolute Gasteiger partial charge is 0.397 e. The lowest BCUT2D eigenvalue weighted by Crippen LogP contribution is -2.18. The number of amides is 1. The van der Waals surface area contributed by atoms with Crippen LogP contribution in [0.3, 0.4) is 0 Å². The Balaban J connectivity index is 2.46. The van der Waals surface area contributed by atoms with Gasteiger partial charge in [0.1, 0.15) is 0 Å². The molecular weight excluding hydrogens is 275 g/mol. The van der Waals surface area contributed by atoms with E-state index in [0.717, 1.165) is 0 Å². The molecule has 1 aromatic carbocycles. The van der Waals surface area contributed by atoms with Crippen LogP contribution in [0.5, 0.6) is 0 Å². The van der Waals surface area contributed by atoms with E-state index in [4.69, 9.17) is 28.9 Å². The minimum atomic E-state index is -0.271. The zero-order chi connectivity index (χ0) is 13.3. The number of carbonyl (C=O) groups is 1. The summed E-state index contributed by atoms with van der Waals surface area (Å²) in [6.07, 6.45) is 1.63. The first-order chi connectivity index (χ1) is 8.52. The first-order valence-corrected chi connectivity index (χ1v) is 5.81. The number of nitrogens with one attached hydrogen (secondary N) is 1. The molecule has 0 saturated carbocycles. The van der Waals surface area contributed by atoms with Crippen molar-refractivity contribution in [3.8, 4) is 5.69 Å². The second-order valence-corrected chi connectivity index (χ2v) is 4.36. The number of anilines is 1. The molecule has 0 unspecified atom stereocenters. The number of benzene rings is 1. The van der Waals surface area contributed by atoms with E-state index in [1.165, 1.54) is 11.7 Å². The average Bonchev–Trinajstić information content (AvgIpc) is 2.82. The molecule has 3 N–H and O–H groups in total. The predicted octanol–water partition coefficient (Wildman–Crippen LogP) is 2.12. The number of aromatic nitrogens is 2. The molecule has 0 bridgehead atoms. The Hall–Kier alpha value is -1.72. The zero-order valence-electron chi connectivity index (χ0n) is 9.45. The molecule has 0 spiro atoms. The third-order valence-corrected chi connectivity index (χ3v) is 3.09. The molecule has 0 fully saturated rings. The Morgan fingerprint density at radius 2 is 2.06 bits per heavy atom. The highest BCUT2D eigenvalue weighted by Crippen LogP contribution is 2.29. The van der Waals surface area contributed by atoms with E-state index in [0.29, 0.717) is 27.1 Å². The van der Waals surface area contributed by atoms with Crippen molar-refractivity contribution in [3.63, 3.8) is 0 Å². The van der Waals surface area contributed by atoms with Crippen LogP contribution in [0.2, 0.25) is 10.0 Å². The minimum absolute atomic E-state index is 0.271. The Labute approximate surface area is 113 Å². The summed E-state index contributed by atoms with van der Waals surface area (Å²) in [6.45, 7) is 0. The van der Waals surface area contributed by atoms with E-state index in [2.05, 4.69) is 10.4 Å². The third-order valence-electron chi connectivity index (χ3n) is 2.37. The fraction of sp³-hybridized carbons (Fsp3) is 0.0909. The summed E-state index contributed by atoms with van der Waals surface area (Å²) in [5.74, 6) is -0.271. The van der Waals surface area contributed by atoms with Gasteiger partial charge in [-0.3, -0.25) is 4.79 Å². The highest BCUT2D eigenvalue weighted by molar-refractivity contribution is 6.42. The van der Waals surface area contributed by atoms with E-state index in [9.17, 15) is 4.79 Å². The molecule has 0 aliphatic rings. The average molecular weight is 285 g/mol. The Kier molecular flexibility index (Phi) is 3.45. The van der Waals surface area contributed by atoms with Gasteiger partial charge >= 0.3 is 0 Å². The lowest BCUT2D eigenvalue weighted by molar-refractivity contribution is 0.0957. The van der Waals surface area contributed by atoms with Crippen molar-refractivity contribution in [2.24, 2.45) is 0 Å². The van der Waals surface area contributed by atoms with Crippen LogP contribution in [0.25, 0.3) is 5.69 Å². The molecule has 0 saturated heterocycles. The van der Waals surface area contributed by atoms with Crippen molar-refractivity contribution < 1.29 is 4.79 Å². The molecule has 2 aromatic rings. The number of nitrogens with two attached hydrogens (primary N) is 1. The molecule has 1 amide bonds. The van der Waals surface area contributed by atoms with Crippen molar-refractivity contribution in [2.45, 2.75) is 0 Å². The molecule has 94 valence electrons. The fourth-order valence-corrected chi connectivity index (χ4v) is 1.79. The van der Waals surface area contributed by atoms with Gasteiger partial charge in [-0.05, 0) is 18.2 Å². The van der Waals surface area contributed by atoms with Gasteiger partial charge in [-0.15, -0.1) is 0 Å². The minimum Gasteiger partial charge on any atom is -0.397 e. The maximum atomic E-state index is 11.4. The Morgan fingerprint density at radius 1 is 1.39 bits per heavy atom. The molecule has 2 rings (SSSR count). The number of nitrogens with zero attached hydrogens (tertiary/aromatic N) is 2. The van der Waals surface area contributed by atoms with Crippen LogP contribution in [0, 0.1) is 0 Å². The van der Waals surface area contributed by atoms with Crippen LogP contribution < -0.4 is 11.1 Å². The van der Waals surface area contributed by atoms with Gasteiger partial charge in [-0.25, -0.2) is 4.68 Å². The molecule has 0 aliphatic heterocycles. The van der Waals surface area contributed by atoms with E-state index < -0.39 is 0 Å². The smallest absolute Gasteiger partial charge is 0.271 e. The van der Waals surface area contributed by atoms with Gasteiger partial charge < -0.3 is 11.1 Å². The molecule has 7 heteroatoms. The first kappa shape index (κ1) is 12.7. The second kappa shape index (κ2) is 4.88. The predicted molar refractivity (Wildman–Crippen MR) is 71.4 cm³/mol. The molecule has 0 aliphatic carbocycles. The molecule has 5 nitrogen and oxygen atoms in total. The Bertz CT molecular complexity index is 609. The van der Waals surface area contributed by atoms with Gasteiger partial charge in [-0.1, -0.05) is 23.2 Å². The van der Waals surface area contributed by atoms with Gasteiger partial charge in [0, 0.05) is 13.2 Å². The molecule has 0 radical (unpaired) electrons. The molecular formula is C11H10Cl2N4O. The Morgan fingerprint density at radius 3 is 2.72 bits per heavy atom. The lowest BCUT2D eigenvalue weighted by Gasteiger charge is -2.07. The summed E-state index contributed by atoms with van der Waals surface area (Å²) in [4.78, 5) is 11.4. The third kappa shape index (κ3) is 2.27. The van der Waals surface area contributed by atoms with Crippen LogP contribution in [0.4, 0.5) is 5.69 Å². The summed E-state index contributed by atoms with van der Waals surface area (Å²) in [7, 11) is 1.54. The molecule has 18 heavy (non-hydrogen) atoms. The van der Waals surface area contributed by atoms with E-state index in [1.807, 2.05) is 0 Å². The standard InChI is InChI=1S/C11H10Cl2N4O/c1-15-11(18)9-2-3-17(16-9)10-5-7(13)6(12)4-8(10)14/h2-5H,14H2,1H3,(H,15,18). The van der Waals surface area contributed by atoms with Crippen molar-refractivity contribution >= 4 is 34.8 Å². The quantitative estimate of drug-likeness (QED) is 0.830. The van der Waals surface area contributed by atoms with Gasteiger partial charge in [0.15, 0.2) is 5.69 Å². The van der Waals surface area contributed by atoms with Crippen LogP contribution >= 0.6 is 23.2 Å². The SMILES string of the molecule is CNC(=O)c1ccn(-c2cc(Cl)c(Cl)cc2N)n1. The number of rotatable bonds is 2. The molecule has 0 atom stereocenters. The number of carbonyl (C=O) groups excluding carboxylic acids is 1. The van der Waals surface area contributed by atoms with Gasteiger partial charge in [0.2, 0.25) is 0 Å². The fourth-order valence-electron chi connectivity index (χ4n) is 1.46. The van der Waals surface area contributed by atoms with E-state index in [-0.39, 0.29) is 5.91 Å². The van der Waals surface area contributed by atoms with Crippen LogP contribution in [-0.2, 0) is 0 Å². The number of hydrogen-bond donors (Lipinski definition) is 2. The van der Waals surface area contributed by atoms with Crippen molar-refractivity contribution in [3.05, 3.63) is 40.1 Å². The normalized spacial score (nSPS) is 10.4. The maximum Gasteiger partial charge on any atom is 0.271 e. The summed E-state index contributed by atoms with van der Waals surface area (Å²) in [5.41, 5.74) is 7.13. The van der Waals surface area contributed by atoms with Crippen molar-refractivity contribution in [1.29, 1.82) is 0 Å². The number of halogens is 2. The lowest BCUT2D eigenvalue weighted by atomic mass is 10.3. The summed E-state index contributed by atoms with van der Waals surface area (Å²) < 4.78 is 1.47. The van der Waals surface area contributed by atoms with Crippen LogP contribution in [0.15, 0.2) is 24.4 Å². The van der Waals surface area contributed by atoms with E-state index >= 15 is 0 Å². The molecule has 1 heterocycles. The van der Waals surface area contributed by atoms with Gasteiger partial charge in [0.05, 0.1) is 21.4 Å². The highest BCUT2D eigenvalue weighted by Gasteiger charge is 2.11. The highest BCUT2D eigenvalue weighted by atomic mass is 35.5. The monoisotopic (exact) mass is 284 g/mol. The first-order valence-electron chi connectivity index (χ1n) is 5.05. The summed E-state index contributed by atoms with van der Waals surface area (Å²) in [6, 6.07) is 4.72. The van der Waals surface area contributed by atoms with Crippen molar-refractivity contribution in [2.75, 3.05) is 12.8 Å². The van der Waals surface area contributed by atoms with Crippen molar-refractivity contribution in [1.82, 2.24) is 15.1 Å². The zero-order valence-corrected chi connectivity index (χ0v) is 11.0. The number of hydrogen-bond acceptors (Lipinski definition) is 3. The molecule has 1 aromatic heterocycles. The second-order valence-electron chi connectivity index (χ2n) is 3.55. The summed E-state index contributed by atoms with van der Waals surface area (Å²) >= 11 is 11.8. The number of nitrogen functional groups attached to an aromatic ring is 1. The summed E-state index contributed by atoms with van der Waals surface area (Å²) in [5, 5.41) is 7.34. The van der Waals surface area contributed by atoms with E-state index in [1.54, 1.807) is 24.4 Å². The van der Waals surface area contributed by atoms with Crippen LogP contribution in [-0.4, -0.2) is 22.7 Å². The topological polar surface area (TPSA) is 72.9 Å². The van der Waals surface area contributed by atoms with Gasteiger partial charge in [-0.2, -0.15) is 5.10 Å². The maximum absolute atomic E-state index is 11.4.